The average molecular weight is 442 g/mol. The summed E-state index contributed by atoms with van der Waals surface area (Å²) in [6.45, 7) is 2.31. The minimum atomic E-state index is -0.457. The minimum absolute atomic E-state index is 0.258. The summed E-state index contributed by atoms with van der Waals surface area (Å²) >= 11 is 0. The molecule has 11 nitrogen and oxygen atoms in total. The van der Waals surface area contributed by atoms with Crippen LogP contribution in [-0.4, -0.2) is 50.9 Å². The van der Waals surface area contributed by atoms with E-state index < -0.39 is 5.82 Å². The van der Waals surface area contributed by atoms with Crippen LogP contribution in [0.15, 0.2) is 55.2 Å². The Morgan fingerprint density at radius 2 is 2.06 bits per heavy atom. The Morgan fingerprint density at radius 1 is 1.15 bits per heavy atom. The van der Waals surface area contributed by atoms with Gasteiger partial charge in [-0.1, -0.05) is 0 Å². The van der Waals surface area contributed by atoms with Crippen LogP contribution in [-0.2, 0) is 6.54 Å². The molecule has 0 bridgehead atoms. The molecule has 4 heterocycles. The van der Waals surface area contributed by atoms with Crippen LogP contribution in [0.2, 0.25) is 0 Å². The van der Waals surface area contributed by atoms with Gasteiger partial charge in [0.1, 0.15) is 29.6 Å². The molecule has 0 fully saturated rings. The second-order valence-corrected chi connectivity index (χ2v) is 7.14. The molecule has 0 aliphatic rings. The van der Waals surface area contributed by atoms with Gasteiger partial charge >= 0.3 is 0 Å². The van der Waals surface area contributed by atoms with Gasteiger partial charge in [0.15, 0.2) is 5.65 Å². The number of ether oxygens (including phenoxy) is 1. The van der Waals surface area contributed by atoms with Gasteiger partial charge in [-0.05, 0) is 47.7 Å². The van der Waals surface area contributed by atoms with E-state index in [9.17, 15) is 9.65 Å². The minimum Gasteiger partial charge on any atom is -0.472 e. The molecule has 0 saturated carbocycles. The van der Waals surface area contributed by atoms with E-state index in [0.717, 1.165) is 0 Å². The Kier molecular flexibility index (Phi) is 5.12. The molecule has 0 aliphatic heterocycles. The first-order valence-electron chi connectivity index (χ1n) is 9.85. The molecule has 1 atom stereocenters. The molecule has 162 valence electrons. The third-order valence-corrected chi connectivity index (χ3v) is 4.77. The lowest BCUT2D eigenvalue weighted by Crippen LogP contribution is -2.20. The van der Waals surface area contributed by atoms with Crippen LogP contribution in [0.4, 0.5) is 4.39 Å². The fraction of sp³-hybridized carbons (Fsp3) is 0.143. The summed E-state index contributed by atoms with van der Waals surface area (Å²) in [5.74, 6) is -0.140. The Balaban J connectivity index is 1.48. The molecular weight excluding hydrogens is 427 g/mol. The number of rotatable bonds is 6. The smallest absolute Gasteiger partial charge is 0.233 e. The average Bonchev–Trinajstić information content (AvgIpc) is 3.48. The van der Waals surface area contributed by atoms with E-state index in [4.69, 9.17) is 4.74 Å². The summed E-state index contributed by atoms with van der Waals surface area (Å²) in [6, 6.07) is 9.54. The molecule has 4 aromatic heterocycles. The van der Waals surface area contributed by atoms with Gasteiger partial charge in [-0.25, -0.2) is 23.6 Å². The molecule has 33 heavy (non-hydrogen) atoms. The van der Waals surface area contributed by atoms with Gasteiger partial charge in [0, 0.05) is 5.56 Å². The van der Waals surface area contributed by atoms with Crippen molar-refractivity contribution in [2.45, 2.75) is 19.6 Å². The molecule has 12 heteroatoms. The lowest BCUT2D eigenvalue weighted by atomic mass is 10.1. The van der Waals surface area contributed by atoms with E-state index in [0.29, 0.717) is 46.3 Å². The summed E-state index contributed by atoms with van der Waals surface area (Å²) < 4.78 is 22.8. The molecule has 0 N–H and O–H groups in total. The van der Waals surface area contributed by atoms with E-state index in [2.05, 4.69) is 41.6 Å². The second kappa shape index (κ2) is 8.39. The van der Waals surface area contributed by atoms with Gasteiger partial charge in [-0.3, -0.25) is 4.98 Å². The Labute approximate surface area is 186 Å². The van der Waals surface area contributed by atoms with Gasteiger partial charge in [0.05, 0.1) is 42.5 Å². The number of nitrogens with zero attached hydrogens (tertiary/aromatic N) is 10. The largest absolute Gasteiger partial charge is 0.472 e. The van der Waals surface area contributed by atoms with Crippen LogP contribution >= 0.6 is 0 Å². The molecule has 1 aromatic carbocycles. The van der Waals surface area contributed by atoms with Crippen LogP contribution in [0.25, 0.3) is 28.3 Å². The zero-order chi connectivity index (χ0) is 22.8. The van der Waals surface area contributed by atoms with Crippen LogP contribution in [0.5, 0.6) is 5.88 Å². The van der Waals surface area contributed by atoms with Gasteiger partial charge in [-0.15, -0.1) is 5.10 Å². The number of imidazole rings is 1. The maximum Gasteiger partial charge on any atom is 0.233 e. The van der Waals surface area contributed by atoms with Crippen molar-refractivity contribution in [3.63, 3.8) is 0 Å². The molecule has 5 aromatic rings. The molecule has 0 amide bonds. The molecule has 5 rings (SSSR count). The molecule has 1 unspecified atom stereocenters. The summed E-state index contributed by atoms with van der Waals surface area (Å²) in [5, 5.41) is 25.0. The van der Waals surface area contributed by atoms with E-state index in [1.54, 1.807) is 33.7 Å². The van der Waals surface area contributed by atoms with Crippen LogP contribution in [0.1, 0.15) is 12.5 Å². The summed E-state index contributed by atoms with van der Waals surface area (Å²) in [5.41, 5.74) is 2.72. The number of benzene rings is 1. The number of halogens is 1. The van der Waals surface area contributed by atoms with Crippen molar-refractivity contribution in [2.75, 3.05) is 0 Å². The lowest BCUT2D eigenvalue weighted by molar-refractivity contribution is 0.185. The Bertz CT molecular complexity index is 1470. The third kappa shape index (κ3) is 4.07. The maximum absolute atomic E-state index is 13.9. The van der Waals surface area contributed by atoms with Gasteiger partial charge in [0.2, 0.25) is 5.88 Å². The van der Waals surface area contributed by atoms with Crippen molar-refractivity contribution < 1.29 is 9.13 Å². The number of tetrazole rings is 1. The first-order valence-corrected chi connectivity index (χ1v) is 9.85. The predicted octanol–water partition coefficient (Wildman–Crippen LogP) is 2.32. The standard InChI is InChI=1S/C21H15FN10O/c1-13(11-31-12-26-29-30-31)33-21-10-24-8-18(27-21)17-4-5-20-25-9-19(32(20)28-17)16-6-15(22)3-2-14(16)7-23/h2-6,8-10,12-13H,11H2,1H3. The van der Waals surface area contributed by atoms with Gasteiger partial charge < -0.3 is 4.74 Å². The fourth-order valence-corrected chi connectivity index (χ4v) is 3.32. The Hall–Kier alpha value is -4.79. The zero-order valence-corrected chi connectivity index (χ0v) is 17.2. The summed E-state index contributed by atoms with van der Waals surface area (Å²) in [6.07, 6.45) is 5.86. The first-order chi connectivity index (χ1) is 16.1. The number of hydrogen-bond acceptors (Lipinski definition) is 9. The predicted molar refractivity (Wildman–Crippen MR) is 112 cm³/mol. The highest BCUT2D eigenvalue weighted by atomic mass is 19.1. The van der Waals surface area contributed by atoms with E-state index in [-0.39, 0.29) is 6.10 Å². The quantitative estimate of drug-likeness (QED) is 0.388. The van der Waals surface area contributed by atoms with Crippen LogP contribution in [0.3, 0.4) is 0 Å². The first kappa shape index (κ1) is 20.1. The summed E-state index contributed by atoms with van der Waals surface area (Å²) in [7, 11) is 0. The van der Waals surface area contributed by atoms with Crippen molar-refractivity contribution in [3.05, 3.63) is 66.6 Å². The van der Waals surface area contributed by atoms with Crippen molar-refractivity contribution in [2.24, 2.45) is 0 Å². The maximum atomic E-state index is 13.9. The lowest BCUT2D eigenvalue weighted by Gasteiger charge is -2.13. The number of nitriles is 1. The fourth-order valence-electron chi connectivity index (χ4n) is 3.32. The van der Waals surface area contributed by atoms with E-state index >= 15 is 0 Å². The number of aromatic nitrogens is 9. The van der Waals surface area contributed by atoms with E-state index in [1.165, 1.54) is 30.7 Å². The summed E-state index contributed by atoms with van der Waals surface area (Å²) in [4.78, 5) is 13.0. The highest BCUT2D eigenvalue weighted by Crippen LogP contribution is 2.26. The third-order valence-electron chi connectivity index (χ3n) is 4.77. The molecule has 0 aliphatic carbocycles. The van der Waals surface area contributed by atoms with Gasteiger partial charge in [-0.2, -0.15) is 10.4 Å². The molecular formula is C21H15FN10O. The highest BCUT2D eigenvalue weighted by Gasteiger charge is 2.15. The number of fused-ring (bicyclic) bond motifs is 1. The van der Waals surface area contributed by atoms with Crippen LogP contribution < -0.4 is 4.74 Å². The Morgan fingerprint density at radius 3 is 2.88 bits per heavy atom. The topological polar surface area (TPSA) is 133 Å². The molecule has 0 radical (unpaired) electrons. The van der Waals surface area contributed by atoms with Gasteiger partial charge in [0.25, 0.3) is 0 Å². The van der Waals surface area contributed by atoms with Crippen molar-refractivity contribution in [1.82, 2.24) is 44.8 Å². The monoisotopic (exact) mass is 442 g/mol. The molecule has 0 saturated heterocycles. The molecule has 0 spiro atoms. The SMILES string of the molecule is CC(Cn1cnnn1)Oc1cncc(-c2ccc3ncc(-c4cc(F)ccc4C#N)n3n2)n1. The van der Waals surface area contributed by atoms with Crippen molar-refractivity contribution in [3.8, 4) is 34.6 Å². The van der Waals surface area contributed by atoms with E-state index in [1.807, 2.05) is 6.92 Å². The highest BCUT2D eigenvalue weighted by molar-refractivity contribution is 5.70. The number of hydrogen-bond donors (Lipinski definition) is 0. The van der Waals surface area contributed by atoms with Crippen molar-refractivity contribution in [1.29, 1.82) is 5.26 Å². The van der Waals surface area contributed by atoms with Crippen LogP contribution in [0, 0.1) is 17.1 Å². The second-order valence-electron chi connectivity index (χ2n) is 7.14. The normalized spacial score (nSPS) is 11.9. The van der Waals surface area contributed by atoms with Crippen molar-refractivity contribution >= 4 is 5.65 Å². The zero-order valence-electron chi connectivity index (χ0n) is 17.2.